The minimum Gasteiger partial charge on any atom is -1.00 e. The van der Waals surface area contributed by atoms with E-state index in [4.69, 9.17) is 30.6 Å². The Bertz CT molecular complexity index is 552. The van der Waals surface area contributed by atoms with Crippen LogP contribution in [0.5, 0.6) is 0 Å². The molecule has 14 nitrogen and oxygen atoms in total. The van der Waals surface area contributed by atoms with E-state index >= 15 is 0 Å². The summed E-state index contributed by atoms with van der Waals surface area (Å²) in [6.07, 6.45) is -10.9. The fourth-order valence-corrected chi connectivity index (χ4v) is 0.915. The molecule has 142 valence electrons. The largest absolute Gasteiger partial charge is 1.00 e. The molecular formula is C10H14K2Na2O14. The van der Waals surface area contributed by atoms with Gasteiger partial charge in [0.15, 0.2) is 24.4 Å². The minimum absolute atomic E-state index is 0. The molecule has 0 saturated heterocycles. The molecule has 0 aliphatic heterocycles. The summed E-state index contributed by atoms with van der Waals surface area (Å²) in [6, 6.07) is 0. The van der Waals surface area contributed by atoms with Crippen LogP contribution in [0.25, 0.3) is 0 Å². The second-order valence-corrected chi connectivity index (χ2v) is 3.87. The number of carboxylic acid groups (broad SMARTS) is 2. The summed E-state index contributed by atoms with van der Waals surface area (Å²) >= 11 is 0. The van der Waals surface area contributed by atoms with Crippen molar-refractivity contribution in [2.75, 3.05) is 0 Å². The quantitative estimate of drug-likeness (QED) is 0.0891. The molecule has 0 heterocycles. The predicted octanol–water partition coefficient (Wildman–Crippen LogP) is -16.8. The zero-order valence-electron chi connectivity index (χ0n) is 19.3. The normalized spacial score (nSPS) is 13.1. The van der Waals surface area contributed by atoms with Crippen LogP contribution in [0.4, 0.5) is 0 Å². The number of esters is 4. The summed E-state index contributed by atoms with van der Waals surface area (Å²) in [6.45, 7) is 0. The van der Waals surface area contributed by atoms with Crippen molar-refractivity contribution in [1.29, 1.82) is 0 Å². The molecule has 28 heavy (non-hydrogen) atoms. The molecule has 4 atom stereocenters. The van der Waals surface area contributed by atoms with Gasteiger partial charge < -0.3 is 45.8 Å². The molecule has 18 heteroatoms. The molecule has 0 aliphatic carbocycles. The molecule has 6 N–H and O–H groups in total. The monoisotopic (exact) mass is 482 g/mol. The van der Waals surface area contributed by atoms with Crippen molar-refractivity contribution in [3.8, 4) is 0 Å². The van der Waals surface area contributed by atoms with Crippen LogP contribution in [0.1, 0.15) is 5.71 Å². The van der Waals surface area contributed by atoms with Gasteiger partial charge in [-0.25, -0.2) is 28.8 Å². The van der Waals surface area contributed by atoms with Gasteiger partial charge in [-0.15, -0.1) is 0 Å². The van der Waals surface area contributed by atoms with E-state index in [0.29, 0.717) is 0 Å². The van der Waals surface area contributed by atoms with Crippen LogP contribution in [0.15, 0.2) is 0 Å². The Morgan fingerprint density at radius 2 is 0.786 bits per heavy atom. The summed E-state index contributed by atoms with van der Waals surface area (Å²) < 4.78 is 7.19. The molecule has 0 aromatic rings. The molecule has 0 radical (unpaired) electrons. The average molecular weight is 482 g/mol. The second kappa shape index (κ2) is 20.0. The number of hydrogen-bond acceptors (Lipinski definition) is 12. The third-order valence-electron chi connectivity index (χ3n) is 2.14. The van der Waals surface area contributed by atoms with Crippen molar-refractivity contribution in [1.82, 2.24) is 0 Å². The fraction of sp³-hybridized carbons (Fsp3) is 0.400. The van der Waals surface area contributed by atoms with E-state index in [2.05, 4.69) is 9.47 Å². The van der Waals surface area contributed by atoms with Crippen LogP contribution in [-0.2, 0) is 38.2 Å². The molecule has 0 saturated carbocycles. The maximum absolute atomic E-state index is 11.0. The van der Waals surface area contributed by atoms with Crippen LogP contribution in [0.3, 0.4) is 0 Å². The van der Waals surface area contributed by atoms with E-state index in [-0.39, 0.29) is 168 Å². The first kappa shape index (κ1) is 40.7. The van der Waals surface area contributed by atoms with Gasteiger partial charge in [0.25, 0.3) is 0 Å². The third kappa shape index (κ3) is 14.4. The molecule has 0 aromatic heterocycles. The summed E-state index contributed by atoms with van der Waals surface area (Å²) in [4.78, 5) is 64.7. The van der Waals surface area contributed by atoms with Gasteiger partial charge in [-0.1, -0.05) is 0 Å². The number of ether oxygens (including phenoxy) is 2. The number of rotatable bonds is 6. The van der Waals surface area contributed by atoms with E-state index in [1.165, 1.54) is 0 Å². The van der Waals surface area contributed by atoms with Crippen LogP contribution >= 0.6 is 0 Å². The van der Waals surface area contributed by atoms with Crippen molar-refractivity contribution in [2.45, 2.75) is 24.4 Å². The molecular weight excluding hydrogens is 468 g/mol. The number of aliphatic carboxylic acids is 2. The van der Waals surface area contributed by atoms with E-state index < -0.39 is 60.2 Å². The predicted molar refractivity (Wildman–Crippen MR) is 65.9 cm³/mol. The average Bonchev–Trinajstić information content (AvgIpc) is 2.50. The standard InChI is InChI=1S/C10H10O14.2K.2Na.4H/c11-1(5(15)16)3(13)7(19)23-9(21)10(22)24-8(20)4(14)2(12)6(17)18;;;;;;;;/h1-4,11-14H,(H,15,16)(H,17,18);;;;;;;;/q;4*+1;4*-1. The molecule has 0 spiro atoms. The zero-order chi connectivity index (χ0) is 19.2. The van der Waals surface area contributed by atoms with Gasteiger partial charge in [0, 0.05) is 0 Å². The number of aliphatic hydroxyl groups excluding tert-OH is 4. The summed E-state index contributed by atoms with van der Waals surface area (Å²) in [5.74, 6) is -12.8. The SMILES string of the molecule is O=C(OC(=O)C(O)C(O)C(=O)O)C(=O)OC(=O)C(O)C(O)C(=O)O.[H-].[H-].[H-].[H-].[K+].[K+].[Na+].[Na+]. The first-order chi connectivity index (χ1) is 10.9. The van der Waals surface area contributed by atoms with Crippen LogP contribution < -0.4 is 162 Å². The van der Waals surface area contributed by atoms with E-state index in [9.17, 15) is 28.8 Å². The van der Waals surface area contributed by atoms with Crippen molar-refractivity contribution in [3.63, 3.8) is 0 Å². The molecule has 0 aromatic carbocycles. The number of carbonyl (C=O) groups is 6. The van der Waals surface area contributed by atoms with Crippen LogP contribution in [0, 0.1) is 0 Å². The third-order valence-corrected chi connectivity index (χ3v) is 2.14. The molecule has 0 fully saturated rings. The summed E-state index contributed by atoms with van der Waals surface area (Å²) in [7, 11) is 0. The topological polar surface area (TPSA) is 242 Å². The number of carbonyl (C=O) groups excluding carboxylic acids is 4. The number of hydrogen-bond donors (Lipinski definition) is 6. The Labute approximate surface area is 291 Å². The maximum Gasteiger partial charge on any atom is 1.00 e. The second-order valence-electron chi connectivity index (χ2n) is 3.87. The smallest absolute Gasteiger partial charge is 1.00 e. The Morgan fingerprint density at radius 1 is 0.571 bits per heavy atom. The van der Waals surface area contributed by atoms with Gasteiger partial charge in [0.1, 0.15) is 0 Å². The Balaban J connectivity index is -0.0000000945. The van der Waals surface area contributed by atoms with E-state index in [0.717, 1.165) is 0 Å². The van der Waals surface area contributed by atoms with Crippen molar-refractivity contribution in [3.05, 3.63) is 0 Å². The molecule has 0 aliphatic rings. The summed E-state index contributed by atoms with van der Waals surface area (Å²) in [5.41, 5.74) is 0. The Hall–Kier alpha value is 2.33. The van der Waals surface area contributed by atoms with Crippen LogP contribution in [-0.4, -0.2) is 90.9 Å². The fourth-order valence-electron chi connectivity index (χ4n) is 0.915. The van der Waals surface area contributed by atoms with Gasteiger partial charge in [-0.3, -0.25) is 0 Å². The Kier molecular flexibility index (Phi) is 29.0. The van der Waals surface area contributed by atoms with E-state index in [1.54, 1.807) is 0 Å². The zero-order valence-corrected chi connectivity index (χ0v) is 25.5. The molecule has 0 amide bonds. The first-order valence-corrected chi connectivity index (χ1v) is 5.59. The molecule has 0 rings (SSSR count). The van der Waals surface area contributed by atoms with Gasteiger partial charge in [-0.2, -0.15) is 0 Å². The van der Waals surface area contributed by atoms with Crippen molar-refractivity contribution >= 4 is 35.8 Å². The van der Waals surface area contributed by atoms with Crippen molar-refractivity contribution in [2.24, 2.45) is 0 Å². The summed E-state index contributed by atoms with van der Waals surface area (Å²) in [5, 5.41) is 52.1. The van der Waals surface area contributed by atoms with Gasteiger partial charge in [0.2, 0.25) is 0 Å². The Morgan fingerprint density at radius 3 is 0.964 bits per heavy atom. The first-order valence-electron chi connectivity index (χ1n) is 5.59. The molecule has 0 bridgehead atoms. The van der Waals surface area contributed by atoms with Gasteiger partial charge >= 0.3 is 198 Å². The number of aliphatic hydroxyl groups is 4. The van der Waals surface area contributed by atoms with Crippen LogP contribution in [0.2, 0.25) is 0 Å². The number of carboxylic acids is 2. The minimum atomic E-state index is -2.76. The van der Waals surface area contributed by atoms with E-state index in [1.807, 2.05) is 0 Å². The van der Waals surface area contributed by atoms with Gasteiger partial charge in [0.05, 0.1) is 0 Å². The maximum atomic E-state index is 11.0. The van der Waals surface area contributed by atoms with Crippen molar-refractivity contribution < 1.29 is 236 Å². The van der Waals surface area contributed by atoms with Gasteiger partial charge in [-0.05, 0) is 0 Å². The molecule has 4 unspecified atom stereocenters.